The van der Waals surface area contributed by atoms with Crippen molar-refractivity contribution in [3.63, 3.8) is 0 Å². The summed E-state index contributed by atoms with van der Waals surface area (Å²) in [5, 5.41) is 4.11. The maximum absolute atomic E-state index is 13.8. The van der Waals surface area contributed by atoms with E-state index >= 15 is 0 Å². The van der Waals surface area contributed by atoms with Crippen LogP contribution in [0.3, 0.4) is 0 Å². The van der Waals surface area contributed by atoms with Crippen LogP contribution in [-0.2, 0) is 24.2 Å². The number of morpholine rings is 1. The number of hydrogen-bond acceptors (Lipinski definition) is 6. The minimum Gasteiger partial charge on any atom is -0.447 e. The summed E-state index contributed by atoms with van der Waals surface area (Å²) in [4.78, 5) is 24.8. The second kappa shape index (κ2) is 12.1. The monoisotopic (exact) mass is 505 g/mol. The lowest BCUT2D eigenvalue weighted by Crippen LogP contribution is -2.41. The number of para-hydroxylation sites is 1. The Hall–Kier alpha value is -3.53. The van der Waals surface area contributed by atoms with Crippen molar-refractivity contribution >= 4 is 16.8 Å². The highest BCUT2D eigenvalue weighted by molar-refractivity contribution is 5.91. The number of aromatic amines is 1. The van der Waals surface area contributed by atoms with Crippen molar-refractivity contribution in [2.45, 2.75) is 19.5 Å². The average Bonchev–Trinajstić information content (AvgIpc) is 3.55. The molecule has 1 aliphatic heterocycles. The first kappa shape index (κ1) is 25.1. The van der Waals surface area contributed by atoms with Gasteiger partial charge in [-0.15, -0.1) is 0 Å². The van der Waals surface area contributed by atoms with Gasteiger partial charge in [-0.2, -0.15) is 0 Å². The van der Waals surface area contributed by atoms with Crippen LogP contribution in [0.25, 0.3) is 10.9 Å². The Morgan fingerprint density at radius 3 is 2.86 bits per heavy atom. The smallest absolute Gasteiger partial charge is 0.273 e. The van der Waals surface area contributed by atoms with Crippen LogP contribution >= 0.6 is 0 Å². The molecule has 1 saturated heterocycles. The maximum Gasteiger partial charge on any atom is 0.273 e. The zero-order valence-electron chi connectivity index (χ0n) is 20.8. The van der Waals surface area contributed by atoms with E-state index in [1.165, 1.54) is 23.3 Å². The molecule has 5 rings (SSSR count). The molecule has 0 spiro atoms. The van der Waals surface area contributed by atoms with Crippen LogP contribution in [0.2, 0.25) is 0 Å². The summed E-state index contributed by atoms with van der Waals surface area (Å²) in [6.45, 7) is 6.17. The quantitative estimate of drug-likeness (QED) is 0.324. The third-order valence-electron chi connectivity index (χ3n) is 6.63. The highest BCUT2D eigenvalue weighted by Crippen LogP contribution is 2.19. The number of nitrogens with zero attached hydrogens (tertiary/aromatic N) is 3. The fourth-order valence-corrected chi connectivity index (χ4v) is 4.65. The van der Waals surface area contributed by atoms with Crippen LogP contribution in [-0.4, -0.2) is 71.6 Å². The third kappa shape index (κ3) is 6.82. The number of rotatable bonds is 11. The molecule has 0 radical (unpaired) electrons. The number of carbonyl (C=O) groups is 1. The van der Waals surface area contributed by atoms with Gasteiger partial charge in [-0.05, 0) is 35.7 Å². The second-order valence-corrected chi connectivity index (χ2v) is 9.29. The van der Waals surface area contributed by atoms with Crippen LogP contribution in [0.5, 0.6) is 0 Å². The SMILES string of the molecule is O=C(NCCN1CCOCC1)c1coc(CN(CCc2c[nH]c3ccccc23)Cc2cccc(F)c2)n1. The molecular weight excluding hydrogens is 473 g/mol. The number of oxazole rings is 1. The highest BCUT2D eigenvalue weighted by atomic mass is 19.1. The lowest BCUT2D eigenvalue weighted by Gasteiger charge is -2.26. The van der Waals surface area contributed by atoms with Crippen molar-refractivity contribution in [3.8, 4) is 0 Å². The summed E-state index contributed by atoms with van der Waals surface area (Å²) in [5.41, 5.74) is 3.45. The number of halogens is 1. The van der Waals surface area contributed by atoms with E-state index in [0.29, 0.717) is 32.1 Å². The van der Waals surface area contributed by atoms with Crippen molar-refractivity contribution in [2.75, 3.05) is 45.9 Å². The molecule has 0 atom stereocenters. The number of nitrogens with one attached hydrogen (secondary N) is 2. The number of aromatic nitrogens is 2. The van der Waals surface area contributed by atoms with Crippen LogP contribution in [0.4, 0.5) is 4.39 Å². The lowest BCUT2D eigenvalue weighted by atomic mass is 10.1. The Morgan fingerprint density at radius 2 is 2.00 bits per heavy atom. The molecule has 1 fully saturated rings. The predicted molar refractivity (Wildman–Crippen MR) is 139 cm³/mol. The fraction of sp³-hybridized carbons (Fsp3) is 0.357. The van der Waals surface area contributed by atoms with Gasteiger partial charge in [-0.3, -0.25) is 14.6 Å². The lowest BCUT2D eigenvalue weighted by molar-refractivity contribution is 0.0383. The topological polar surface area (TPSA) is 86.6 Å². The number of ether oxygens (including phenoxy) is 1. The molecule has 0 aliphatic carbocycles. The number of fused-ring (bicyclic) bond motifs is 1. The van der Waals surface area contributed by atoms with E-state index in [1.54, 1.807) is 12.1 Å². The fourth-order valence-electron chi connectivity index (χ4n) is 4.65. The first-order chi connectivity index (χ1) is 18.1. The van der Waals surface area contributed by atoms with E-state index in [2.05, 4.69) is 37.2 Å². The van der Waals surface area contributed by atoms with Crippen LogP contribution in [0.15, 0.2) is 65.4 Å². The van der Waals surface area contributed by atoms with Crippen molar-refractivity contribution in [2.24, 2.45) is 0 Å². The first-order valence-corrected chi connectivity index (χ1v) is 12.7. The van der Waals surface area contributed by atoms with Gasteiger partial charge in [-0.25, -0.2) is 9.37 Å². The van der Waals surface area contributed by atoms with Gasteiger partial charge in [0.15, 0.2) is 5.69 Å². The third-order valence-corrected chi connectivity index (χ3v) is 6.63. The Labute approximate surface area is 215 Å². The summed E-state index contributed by atoms with van der Waals surface area (Å²) in [5.74, 6) is -0.0615. The molecule has 1 aliphatic rings. The van der Waals surface area contributed by atoms with Crippen LogP contribution < -0.4 is 5.32 Å². The summed E-state index contributed by atoms with van der Waals surface area (Å²) in [7, 11) is 0. The zero-order valence-corrected chi connectivity index (χ0v) is 20.8. The Bertz CT molecular complexity index is 1310. The number of carbonyl (C=O) groups excluding carboxylic acids is 1. The van der Waals surface area contributed by atoms with E-state index in [1.807, 2.05) is 24.4 Å². The van der Waals surface area contributed by atoms with E-state index in [4.69, 9.17) is 9.15 Å². The average molecular weight is 506 g/mol. The number of benzene rings is 2. The molecule has 4 aromatic rings. The van der Waals surface area contributed by atoms with Crippen molar-refractivity contribution in [1.82, 2.24) is 25.1 Å². The largest absolute Gasteiger partial charge is 0.447 e. The van der Waals surface area contributed by atoms with Crippen molar-refractivity contribution < 1.29 is 18.3 Å². The molecule has 8 nitrogen and oxygen atoms in total. The summed E-state index contributed by atoms with van der Waals surface area (Å²) in [6.07, 6.45) is 4.24. The highest BCUT2D eigenvalue weighted by Gasteiger charge is 2.17. The standard InChI is InChI=1S/C28H32FN5O3/c29-23-5-3-4-21(16-23)18-34(10-8-22-17-31-25-7-2-1-6-24(22)25)19-27-32-26(20-37-27)28(35)30-9-11-33-12-14-36-15-13-33/h1-7,16-17,20,31H,8-15,18-19H2,(H,30,35). The number of amides is 1. The molecule has 2 aromatic carbocycles. The minimum atomic E-state index is -0.263. The van der Waals surface area contributed by atoms with Crippen LogP contribution in [0, 0.1) is 5.82 Å². The van der Waals surface area contributed by atoms with Gasteiger partial charge in [0.05, 0.1) is 19.8 Å². The molecule has 1 amide bonds. The first-order valence-electron chi connectivity index (χ1n) is 12.7. The molecule has 0 bridgehead atoms. The minimum absolute atomic E-state index is 0.251. The molecular formula is C28H32FN5O3. The molecule has 2 aromatic heterocycles. The van der Waals surface area contributed by atoms with Gasteiger partial charge in [-0.1, -0.05) is 30.3 Å². The Morgan fingerprint density at radius 1 is 1.14 bits per heavy atom. The molecule has 9 heteroatoms. The van der Waals surface area contributed by atoms with E-state index in [-0.39, 0.29) is 17.4 Å². The Balaban J connectivity index is 1.21. The molecule has 2 N–H and O–H groups in total. The molecule has 3 heterocycles. The molecule has 0 saturated carbocycles. The molecule has 194 valence electrons. The van der Waals surface area contributed by atoms with Crippen LogP contribution in [0.1, 0.15) is 27.5 Å². The van der Waals surface area contributed by atoms with Crippen molar-refractivity contribution in [1.29, 1.82) is 0 Å². The maximum atomic E-state index is 13.8. The van der Waals surface area contributed by atoms with E-state index < -0.39 is 0 Å². The predicted octanol–water partition coefficient (Wildman–Crippen LogP) is 3.60. The van der Waals surface area contributed by atoms with Gasteiger partial charge in [0.2, 0.25) is 5.89 Å². The summed E-state index contributed by atoms with van der Waals surface area (Å²) in [6, 6.07) is 14.8. The number of hydrogen-bond donors (Lipinski definition) is 2. The van der Waals surface area contributed by atoms with E-state index in [9.17, 15) is 9.18 Å². The van der Waals surface area contributed by atoms with Gasteiger partial charge < -0.3 is 19.5 Å². The molecule has 0 unspecified atom stereocenters. The van der Waals surface area contributed by atoms with E-state index in [0.717, 1.165) is 50.3 Å². The molecule has 37 heavy (non-hydrogen) atoms. The van der Waals surface area contributed by atoms with Crippen molar-refractivity contribution in [3.05, 3.63) is 89.5 Å². The number of H-pyrrole nitrogens is 1. The Kier molecular flexibility index (Phi) is 8.25. The van der Waals surface area contributed by atoms with Gasteiger partial charge >= 0.3 is 0 Å². The van der Waals surface area contributed by atoms with Gasteiger partial charge in [0.25, 0.3) is 5.91 Å². The normalized spacial score (nSPS) is 14.4. The van der Waals surface area contributed by atoms with Gasteiger partial charge in [0, 0.05) is 56.4 Å². The second-order valence-electron chi connectivity index (χ2n) is 9.29. The van der Waals surface area contributed by atoms with Gasteiger partial charge in [0.1, 0.15) is 12.1 Å². The summed E-state index contributed by atoms with van der Waals surface area (Å²) >= 11 is 0. The zero-order chi connectivity index (χ0) is 25.5. The summed E-state index contributed by atoms with van der Waals surface area (Å²) < 4.78 is 24.8.